The quantitative estimate of drug-likeness (QED) is 0.545. The molecular formula is C11H19N5O3. The molecule has 8 nitrogen and oxygen atoms in total. The molecular weight excluding hydrogens is 250 g/mol. The zero-order valence-electron chi connectivity index (χ0n) is 11.7. The molecule has 1 rings (SSSR count). The van der Waals surface area contributed by atoms with Crippen molar-refractivity contribution in [2.75, 3.05) is 17.7 Å². The topological polar surface area (TPSA) is 113 Å². The molecule has 1 unspecified atom stereocenters. The lowest BCUT2D eigenvalue weighted by atomic mass is 9.99. The molecule has 0 fully saturated rings. The van der Waals surface area contributed by atoms with Gasteiger partial charge in [0.1, 0.15) is 5.69 Å². The average Bonchev–Trinajstić information content (AvgIpc) is 2.26. The van der Waals surface area contributed by atoms with E-state index in [2.05, 4.69) is 20.6 Å². The first-order valence-corrected chi connectivity index (χ1v) is 5.86. The van der Waals surface area contributed by atoms with Crippen LogP contribution in [0.25, 0.3) is 0 Å². The minimum Gasteiger partial charge on any atom is -0.391 e. The Morgan fingerprint density at radius 1 is 1.42 bits per heavy atom. The number of rotatable bonds is 5. The van der Waals surface area contributed by atoms with E-state index in [1.165, 1.54) is 0 Å². The predicted octanol–water partition coefficient (Wildman–Crippen LogP) is 1.31. The van der Waals surface area contributed by atoms with Crippen LogP contribution in [0.1, 0.15) is 26.5 Å². The highest BCUT2D eigenvalue weighted by Gasteiger charge is 2.30. The van der Waals surface area contributed by atoms with Crippen molar-refractivity contribution in [1.29, 1.82) is 0 Å². The average molecular weight is 269 g/mol. The van der Waals surface area contributed by atoms with Crippen LogP contribution in [0.3, 0.4) is 0 Å². The molecule has 0 aliphatic carbocycles. The first-order valence-electron chi connectivity index (χ1n) is 5.86. The van der Waals surface area contributed by atoms with Crippen molar-refractivity contribution in [3.8, 4) is 0 Å². The summed E-state index contributed by atoms with van der Waals surface area (Å²) in [6.07, 6.45) is -0.708. The smallest absolute Gasteiger partial charge is 0.332 e. The molecule has 0 aromatic carbocycles. The molecule has 3 N–H and O–H groups in total. The van der Waals surface area contributed by atoms with Crippen LogP contribution in [-0.4, -0.2) is 38.7 Å². The number of aromatic nitrogens is 2. The van der Waals surface area contributed by atoms with Gasteiger partial charge in [0.05, 0.1) is 16.6 Å². The fraction of sp³-hybridized carbons (Fsp3) is 0.636. The molecule has 19 heavy (non-hydrogen) atoms. The lowest BCUT2D eigenvalue weighted by Crippen LogP contribution is -2.42. The van der Waals surface area contributed by atoms with Gasteiger partial charge in [-0.1, -0.05) is 0 Å². The van der Waals surface area contributed by atoms with E-state index in [1.54, 1.807) is 34.7 Å². The second-order valence-corrected chi connectivity index (χ2v) is 4.86. The number of nitrogens with zero attached hydrogens (tertiary/aromatic N) is 3. The second-order valence-electron chi connectivity index (χ2n) is 4.86. The van der Waals surface area contributed by atoms with Crippen LogP contribution in [0.5, 0.6) is 0 Å². The number of aliphatic hydroxyl groups is 1. The molecule has 0 spiro atoms. The number of aryl methyl sites for hydroxylation is 1. The molecule has 1 atom stereocenters. The highest BCUT2D eigenvalue weighted by atomic mass is 16.6. The van der Waals surface area contributed by atoms with Gasteiger partial charge < -0.3 is 15.7 Å². The standard InChI is InChI=1S/C11H19N5O3/c1-6-8(16(18)19)9(14-10(12-5)13-6)15-11(3,4)7(2)17/h7,17H,1-5H3,(H2,12,13,14,15). The third-order valence-corrected chi connectivity index (χ3v) is 2.95. The van der Waals surface area contributed by atoms with Gasteiger partial charge >= 0.3 is 5.69 Å². The van der Waals surface area contributed by atoms with Gasteiger partial charge in [-0.15, -0.1) is 0 Å². The molecule has 0 saturated heterocycles. The normalized spacial score (nSPS) is 12.9. The Kier molecular flexibility index (Phi) is 4.25. The Morgan fingerprint density at radius 3 is 2.42 bits per heavy atom. The summed E-state index contributed by atoms with van der Waals surface area (Å²) in [4.78, 5) is 18.6. The lowest BCUT2D eigenvalue weighted by Gasteiger charge is -2.29. The van der Waals surface area contributed by atoms with Crippen LogP contribution in [0, 0.1) is 17.0 Å². The van der Waals surface area contributed by atoms with Gasteiger partial charge in [-0.05, 0) is 27.7 Å². The van der Waals surface area contributed by atoms with E-state index >= 15 is 0 Å². The molecule has 106 valence electrons. The molecule has 0 aliphatic heterocycles. The number of hydrogen-bond acceptors (Lipinski definition) is 7. The molecule has 0 amide bonds. The van der Waals surface area contributed by atoms with E-state index in [1.807, 2.05) is 0 Å². The zero-order chi connectivity index (χ0) is 14.8. The maximum absolute atomic E-state index is 11.1. The summed E-state index contributed by atoms with van der Waals surface area (Å²) in [5.74, 6) is 0.375. The van der Waals surface area contributed by atoms with Crippen LogP contribution in [0.4, 0.5) is 17.5 Å². The van der Waals surface area contributed by atoms with Crippen molar-refractivity contribution in [2.24, 2.45) is 0 Å². The lowest BCUT2D eigenvalue weighted by molar-refractivity contribution is -0.385. The van der Waals surface area contributed by atoms with Gasteiger partial charge in [0.25, 0.3) is 0 Å². The van der Waals surface area contributed by atoms with Crippen molar-refractivity contribution in [3.63, 3.8) is 0 Å². The van der Waals surface area contributed by atoms with Gasteiger partial charge in [-0.3, -0.25) is 10.1 Å². The molecule has 0 radical (unpaired) electrons. The Morgan fingerprint density at radius 2 is 2.00 bits per heavy atom. The molecule has 1 heterocycles. The first kappa shape index (κ1) is 15.1. The van der Waals surface area contributed by atoms with Crippen molar-refractivity contribution in [2.45, 2.75) is 39.3 Å². The minimum atomic E-state index is -0.753. The highest BCUT2D eigenvalue weighted by Crippen LogP contribution is 2.29. The largest absolute Gasteiger partial charge is 0.391 e. The fourth-order valence-corrected chi connectivity index (χ4v) is 1.39. The molecule has 8 heteroatoms. The third kappa shape index (κ3) is 3.28. The summed E-state index contributed by atoms with van der Waals surface area (Å²) in [5.41, 5.74) is -0.683. The molecule has 0 saturated carbocycles. The summed E-state index contributed by atoms with van der Waals surface area (Å²) >= 11 is 0. The van der Waals surface area contributed by atoms with Gasteiger partial charge in [-0.25, -0.2) is 4.98 Å². The Hall–Kier alpha value is -1.96. The van der Waals surface area contributed by atoms with Crippen LogP contribution in [0.2, 0.25) is 0 Å². The van der Waals surface area contributed by atoms with Crippen LogP contribution < -0.4 is 10.6 Å². The first-order chi connectivity index (χ1) is 8.69. The fourth-order valence-electron chi connectivity index (χ4n) is 1.39. The third-order valence-electron chi connectivity index (χ3n) is 2.95. The van der Waals surface area contributed by atoms with E-state index < -0.39 is 16.6 Å². The van der Waals surface area contributed by atoms with E-state index in [4.69, 9.17) is 0 Å². The number of anilines is 2. The van der Waals surface area contributed by atoms with Crippen LogP contribution in [0.15, 0.2) is 0 Å². The summed E-state index contributed by atoms with van der Waals surface area (Å²) in [7, 11) is 1.63. The summed E-state index contributed by atoms with van der Waals surface area (Å²) < 4.78 is 0. The van der Waals surface area contributed by atoms with Crippen LogP contribution in [-0.2, 0) is 0 Å². The Bertz CT molecular complexity index is 487. The van der Waals surface area contributed by atoms with E-state index in [0.717, 1.165) is 0 Å². The molecule has 1 aromatic heterocycles. The van der Waals surface area contributed by atoms with Crippen molar-refractivity contribution in [1.82, 2.24) is 9.97 Å². The number of nitro groups is 1. The van der Waals surface area contributed by atoms with Crippen molar-refractivity contribution in [3.05, 3.63) is 15.8 Å². The van der Waals surface area contributed by atoms with E-state index in [-0.39, 0.29) is 23.1 Å². The Balaban J connectivity index is 3.31. The summed E-state index contributed by atoms with van der Waals surface area (Å²) in [5, 5.41) is 26.4. The minimum absolute atomic E-state index is 0.0905. The van der Waals surface area contributed by atoms with Crippen molar-refractivity contribution < 1.29 is 10.0 Å². The van der Waals surface area contributed by atoms with Gasteiger partial charge in [-0.2, -0.15) is 4.98 Å². The molecule has 1 aromatic rings. The number of nitrogens with one attached hydrogen (secondary N) is 2. The Labute approximate surface area is 111 Å². The highest BCUT2D eigenvalue weighted by molar-refractivity contribution is 5.61. The van der Waals surface area contributed by atoms with Gasteiger partial charge in [0.15, 0.2) is 0 Å². The van der Waals surface area contributed by atoms with Gasteiger partial charge in [0, 0.05) is 7.05 Å². The summed E-state index contributed by atoms with van der Waals surface area (Å²) in [6, 6.07) is 0. The number of aliphatic hydroxyl groups excluding tert-OH is 1. The predicted molar refractivity (Wildman–Crippen MR) is 72.4 cm³/mol. The number of hydrogen-bond donors (Lipinski definition) is 3. The molecule has 0 aliphatic rings. The zero-order valence-corrected chi connectivity index (χ0v) is 11.7. The second kappa shape index (κ2) is 5.35. The van der Waals surface area contributed by atoms with E-state index in [0.29, 0.717) is 0 Å². The summed E-state index contributed by atoms with van der Waals surface area (Å²) in [6.45, 7) is 6.61. The SMILES string of the molecule is CNc1nc(C)c([N+](=O)[O-])c(NC(C)(C)C(C)O)n1. The maximum atomic E-state index is 11.1. The van der Waals surface area contributed by atoms with E-state index in [9.17, 15) is 15.2 Å². The maximum Gasteiger partial charge on any atom is 0.332 e. The van der Waals surface area contributed by atoms with Gasteiger partial charge in [0.2, 0.25) is 11.8 Å². The van der Waals surface area contributed by atoms with Crippen LogP contribution >= 0.6 is 0 Å². The van der Waals surface area contributed by atoms with Crippen molar-refractivity contribution >= 4 is 17.5 Å². The monoisotopic (exact) mass is 269 g/mol. The molecule has 0 bridgehead atoms.